The fourth-order valence-electron chi connectivity index (χ4n) is 1.71. The average Bonchev–Trinajstić information content (AvgIpc) is 2.43. The Morgan fingerprint density at radius 1 is 1.05 bits per heavy atom. The Balaban J connectivity index is 2.15. The van der Waals surface area contributed by atoms with Crippen LogP contribution in [0, 0.1) is 21.7 Å². The normalized spacial score (nSPS) is 10.3. The summed E-state index contributed by atoms with van der Waals surface area (Å²) in [6.07, 6.45) is -0.102. The molecule has 2 rings (SSSR count). The molecule has 0 amide bonds. The largest absolute Gasteiger partial charge is 0.294 e. The summed E-state index contributed by atoms with van der Waals surface area (Å²) in [6, 6.07) is 8.34. The molecule has 0 aliphatic carbocycles. The van der Waals surface area contributed by atoms with E-state index >= 15 is 0 Å². The standard InChI is InChI=1S/C14H9F2NO3/c15-12-6-1-9(7-13(12)16)8-14(18)10-2-4-11(5-3-10)17(19)20/h1-7H,8H2. The lowest BCUT2D eigenvalue weighted by Gasteiger charge is -2.02. The van der Waals surface area contributed by atoms with Gasteiger partial charge in [0.05, 0.1) is 4.92 Å². The van der Waals surface area contributed by atoms with Gasteiger partial charge < -0.3 is 0 Å². The highest BCUT2D eigenvalue weighted by molar-refractivity contribution is 5.97. The number of non-ortho nitro benzene ring substituents is 1. The van der Waals surface area contributed by atoms with Crippen LogP contribution in [0.1, 0.15) is 15.9 Å². The number of carbonyl (C=O) groups excluding carboxylic acids is 1. The van der Waals surface area contributed by atoms with Crippen LogP contribution in [0.3, 0.4) is 0 Å². The van der Waals surface area contributed by atoms with Crippen molar-refractivity contribution in [3.8, 4) is 0 Å². The Bertz CT molecular complexity index is 669. The van der Waals surface area contributed by atoms with Gasteiger partial charge in [-0.3, -0.25) is 14.9 Å². The first kappa shape index (κ1) is 13.8. The maximum Gasteiger partial charge on any atom is 0.269 e. The van der Waals surface area contributed by atoms with Crippen LogP contribution >= 0.6 is 0 Å². The fourth-order valence-corrected chi connectivity index (χ4v) is 1.71. The molecule has 0 spiro atoms. The van der Waals surface area contributed by atoms with E-state index in [1.165, 1.54) is 30.3 Å². The van der Waals surface area contributed by atoms with E-state index in [1.807, 2.05) is 0 Å². The van der Waals surface area contributed by atoms with E-state index in [1.54, 1.807) is 0 Å². The first-order valence-corrected chi connectivity index (χ1v) is 5.69. The molecule has 0 aliphatic heterocycles. The number of ketones is 1. The van der Waals surface area contributed by atoms with Crippen LogP contribution in [0.25, 0.3) is 0 Å². The first-order valence-electron chi connectivity index (χ1n) is 5.69. The molecule has 0 bridgehead atoms. The third kappa shape index (κ3) is 3.03. The van der Waals surface area contributed by atoms with Gasteiger partial charge in [-0.1, -0.05) is 6.07 Å². The molecule has 102 valence electrons. The molecule has 0 N–H and O–H groups in total. The molecular formula is C14H9F2NO3. The molecule has 0 heterocycles. The van der Waals surface area contributed by atoms with Gasteiger partial charge in [-0.05, 0) is 29.8 Å². The molecule has 0 radical (unpaired) electrons. The highest BCUT2D eigenvalue weighted by atomic mass is 19.2. The minimum absolute atomic E-state index is 0.102. The molecular weight excluding hydrogens is 268 g/mol. The highest BCUT2D eigenvalue weighted by Crippen LogP contribution is 2.15. The molecule has 0 aromatic heterocycles. The molecule has 2 aromatic rings. The third-order valence-corrected chi connectivity index (χ3v) is 2.75. The Hall–Kier alpha value is -2.63. The van der Waals surface area contributed by atoms with E-state index in [0.717, 1.165) is 12.1 Å². The van der Waals surface area contributed by atoms with Crippen LogP contribution in [0.2, 0.25) is 0 Å². The van der Waals surface area contributed by atoms with Gasteiger partial charge in [-0.2, -0.15) is 0 Å². The Morgan fingerprint density at radius 3 is 2.25 bits per heavy atom. The van der Waals surface area contributed by atoms with Gasteiger partial charge in [0.2, 0.25) is 0 Å². The summed E-state index contributed by atoms with van der Waals surface area (Å²) in [5.74, 6) is -2.32. The number of hydrogen-bond acceptors (Lipinski definition) is 3. The van der Waals surface area contributed by atoms with Crippen LogP contribution in [0.15, 0.2) is 42.5 Å². The van der Waals surface area contributed by atoms with Gasteiger partial charge in [-0.25, -0.2) is 8.78 Å². The third-order valence-electron chi connectivity index (χ3n) is 2.75. The number of nitro benzene ring substituents is 1. The summed E-state index contributed by atoms with van der Waals surface area (Å²) in [4.78, 5) is 21.8. The van der Waals surface area contributed by atoms with Crippen LogP contribution < -0.4 is 0 Å². The number of benzene rings is 2. The van der Waals surface area contributed by atoms with Crippen molar-refractivity contribution in [1.29, 1.82) is 0 Å². The topological polar surface area (TPSA) is 60.2 Å². The first-order chi connectivity index (χ1) is 9.47. The fraction of sp³-hybridized carbons (Fsp3) is 0.0714. The zero-order chi connectivity index (χ0) is 14.7. The smallest absolute Gasteiger partial charge is 0.269 e. The van der Waals surface area contributed by atoms with Crippen LogP contribution in [-0.2, 0) is 6.42 Å². The lowest BCUT2D eigenvalue weighted by Crippen LogP contribution is -2.04. The monoisotopic (exact) mass is 277 g/mol. The average molecular weight is 277 g/mol. The number of Topliss-reactive ketones (excluding diaryl/α,β-unsaturated/α-hetero) is 1. The molecule has 0 fully saturated rings. The van der Waals surface area contributed by atoms with Crippen molar-refractivity contribution in [3.63, 3.8) is 0 Å². The van der Waals surface area contributed by atoms with Gasteiger partial charge >= 0.3 is 0 Å². The van der Waals surface area contributed by atoms with E-state index in [0.29, 0.717) is 5.56 Å². The van der Waals surface area contributed by atoms with Crippen molar-refractivity contribution in [2.45, 2.75) is 6.42 Å². The number of carbonyl (C=O) groups is 1. The van der Waals surface area contributed by atoms with E-state index in [2.05, 4.69) is 0 Å². The summed E-state index contributed by atoms with van der Waals surface area (Å²) >= 11 is 0. The van der Waals surface area contributed by atoms with E-state index < -0.39 is 16.6 Å². The predicted molar refractivity (Wildman–Crippen MR) is 67.5 cm³/mol. The van der Waals surface area contributed by atoms with Gasteiger partial charge in [0, 0.05) is 24.1 Å². The van der Waals surface area contributed by atoms with Crippen molar-refractivity contribution >= 4 is 11.5 Å². The van der Waals surface area contributed by atoms with E-state index in [9.17, 15) is 23.7 Å². The Kier molecular flexibility index (Phi) is 3.84. The van der Waals surface area contributed by atoms with E-state index in [-0.39, 0.29) is 23.5 Å². The van der Waals surface area contributed by atoms with Gasteiger partial charge in [0.25, 0.3) is 5.69 Å². The van der Waals surface area contributed by atoms with Crippen LogP contribution in [0.5, 0.6) is 0 Å². The molecule has 0 aliphatic rings. The molecule has 2 aromatic carbocycles. The van der Waals surface area contributed by atoms with E-state index in [4.69, 9.17) is 0 Å². The maximum absolute atomic E-state index is 13.0. The van der Waals surface area contributed by atoms with Gasteiger partial charge in [0.15, 0.2) is 17.4 Å². The number of halogens is 2. The predicted octanol–water partition coefficient (Wildman–Crippen LogP) is 3.30. The molecule has 20 heavy (non-hydrogen) atoms. The Labute approximate surface area is 112 Å². The van der Waals surface area contributed by atoms with Crippen LogP contribution in [0.4, 0.5) is 14.5 Å². The van der Waals surface area contributed by atoms with Crippen LogP contribution in [-0.4, -0.2) is 10.7 Å². The zero-order valence-corrected chi connectivity index (χ0v) is 10.2. The summed E-state index contributed by atoms with van der Waals surface area (Å²) in [7, 11) is 0. The molecule has 0 atom stereocenters. The number of rotatable bonds is 4. The second kappa shape index (κ2) is 5.56. The van der Waals surface area contributed by atoms with Crippen molar-refractivity contribution in [3.05, 3.63) is 75.3 Å². The maximum atomic E-state index is 13.0. The molecule has 0 saturated heterocycles. The van der Waals surface area contributed by atoms with Gasteiger partial charge in [0.1, 0.15) is 0 Å². The highest BCUT2D eigenvalue weighted by Gasteiger charge is 2.11. The summed E-state index contributed by atoms with van der Waals surface area (Å²) < 4.78 is 25.8. The minimum Gasteiger partial charge on any atom is -0.294 e. The molecule has 6 heteroatoms. The molecule has 0 unspecified atom stereocenters. The summed E-state index contributed by atoms with van der Waals surface area (Å²) in [6.45, 7) is 0. The van der Waals surface area contributed by atoms with Crippen molar-refractivity contribution in [1.82, 2.24) is 0 Å². The number of nitrogens with zero attached hydrogens (tertiary/aromatic N) is 1. The summed E-state index contributed by atoms with van der Waals surface area (Å²) in [5, 5.41) is 10.5. The number of hydrogen-bond donors (Lipinski definition) is 0. The zero-order valence-electron chi connectivity index (χ0n) is 10.2. The van der Waals surface area contributed by atoms with Crippen molar-refractivity contribution in [2.75, 3.05) is 0 Å². The SMILES string of the molecule is O=C(Cc1ccc(F)c(F)c1)c1ccc([N+](=O)[O-])cc1. The lowest BCUT2D eigenvalue weighted by molar-refractivity contribution is -0.384. The van der Waals surface area contributed by atoms with Crippen molar-refractivity contribution in [2.24, 2.45) is 0 Å². The van der Waals surface area contributed by atoms with Crippen molar-refractivity contribution < 1.29 is 18.5 Å². The van der Waals surface area contributed by atoms with Gasteiger partial charge in [-0.15, -0.1) is 0 Å². The minimum atomic E-state index is -1.01. The lowest BCUT2D eigenvalue weighted by atomic mass is 10.0. The molecule has 4 nitrogen and oxygen atoms in total. The Morgan fingerprint density at radius 2 is 1.70 bits per heavy atom. The second-order valence-corrected chi connectivity index (χ2v) is 4.15. The number of nitro groups is 1. The quantitative estimate of drug-likeness (QED) is 0.489. The summed E-state index contributed by atoms with van der Waals surface area (Å²) in [5.41, 5.74) is 0.502. The molecule has 0 saturated carbocycles. The second-order valence-electron chi connectivity index (χ2n) is 4.15.